The fourth-order valence-corrected chi connectivity index (χ4v) is 3.02. The Balaban J connectivity index is 1.82. The van der Waals surface area contributed by atoms with Crippen molar-refractivity contribution in [2.24, 2.45) is 11.0 Å². The van der Waals surface area contributed by atoms with Crippen molar-refractivity contribution in [3.05, 3.63) is 0 Å². The summed E-state index contributed by atoms with van der Waals surface area (Å²) in [5, 5.41) is 6.10. The van der Waals surface area contributed by atoms with Crippen molar-refractivity contribution in [3.8, 4) is 0 Å². The number of carbonyl (C=O) groups excluding carboxylic acids is 1. The van der Waals surface area contributed by atoms with E-state index in [2.05, 4.69) is 5.10 Å². The SMILES string of the molecule is O=C1OCC2CC3CCCCCCC3=NN12. The van der Waals surface area contributed by atoms with E-state index >= 15 is 0 Å². The minimum atomic E-state index is -0.252. The normalized spacial score (nSPS) is 34.4. The van der Waals surface area contributed by atoms with Crippen LogP contribution in [0.15, 0.2) is 5.10 Å². The van der Waals surface area contributed by atoms with Gasteiger partial charge in [0.15, 0.2) is 0 Å². The van der Waals surface area contributed by atoms with Gasteiger partial charge < -0.3 is 4.74 Å². The molecule has 16 heavy (non-hydrogen) atoms. The van der Waals surface area contributed by atoms with Crippen LogP contribution in [-0.2, 0) is 4.74 Å². The van der Waals surface area contributed by atoms with Crippen LogP contribution in [0.4, 0.5) is 4.79 Å². The van der Waals surface area contributed by atoms with Gasteiger partial charge >= 0.3 is 6.09 Å². The average Bonchev–Trinajstić information content (AvgIpc) is 2.60. The van der Waals surface area contributed by atoms with Crippen LogP contribution in [0.1, 0.15) is 44.9 Å². The lowest BCUT2D eigenvalue weighted by molar-refractivity contribution is 0.157. The minimum Gasteiger partial charge on any atom is -0.446 e. The van der Waals surface area contributed by atoms with Crippen molar-refractivity contribution in [2.45, 2.75) is 51.0 Å². The fraction of sp³-hybridized carbons (Fsp3) is 0.833. The fourth-order valence-electron chi connectivity index (χ4n) is 3.02. The first-order valence-electron chi connectivity index (χ1n) is 6.38. The molecule has 2 heterocycles. The van der Waals surface area contributed by atoms with Crippen LogP contribution in [0.2, 0.25) is 0 Å². The van der Waals surface area contributed by atoms with Crippen molar-refractivity contribution in [2.75, 3.05) is 6.61 Å². The number of cyclic esters (lactones) is 1. The third-order valence-electron chi connectivity index (χ3n) is 3.93. The molecule has 0 spiro atoms. The summed E-state index contributed by atoms with van der Waals surface area (Å²) < 4.78 is 5.05. The number of ether oxygens (including phenoxy) is 1. The first-order valence-corrected chi connectivity index (χ1v) is 6.38. The summed E-state index contributed by atoms with van der Waals surface area (Å²) in [6.45, 7) is 0.534. The van der Waals surface area contributed by atoms with E-state index in [1.54, 1.807) is 5.01 Å². The van der Waals surface area contributed by atoms with Crippen molar-refractivity contribution in [3.63, 3.8) is 0 Å². The van der Waals surface area contributed by atoms with Gasteiger partial charge in [-0.2, -0.15) is 10.1 Å². The Hall–Kier alpha value is -1.06. The zero-order chi connectivity index (χ0) is 11.0. The Labute approximate surface area is 95.6 Å². The van der Waals surface area contributed by atoms with Gasteiger partial charge in [-0.3, -0.25) is 0 Å². The first kappa shape index (κ1) is 10.1. The molecule has 2 aliphatic heterocycles. The third-order valence-corrected chi connectivity index (χ3v) is 3.93. The summed E-state index contributed by atoms with van der Waals surface area (Å²) in [5.41, 5.74) is 1.25. The van der Waals surface area contributed by atoms with E-state index in [9.17, 15) is 4.79 Å². The zero-order valence-corrected chi connectivity index (χ0v) is 9.52. The molecule has 0 bridgehead atoms. The van der Waals surface area contributed by atoms with E-state index in [1.165, 1.54) is 37.8 Å². The van der Waals surface area contributed by atoms with Crippen LogP contribution in [0.3, 0.4) is 0 Å². The maximum atomic E-state index is 11.4. The lowest BCUT2D eigenvalue weighted by atomic mass is 9.84. The van der Waals surface area contributed by atoms with E-state index in [0.717, 1.165) is 12.8 Å². The average molecular weight is 222 g/mol. The standard InChI is InChI=1S/C12H18N2O2/c15-12-14-10(8-16-12)7-9-5-3-1-2-4-6-11(9)13-14/h9-10H,1-8H2. The predicted molar refractivity (Wildman–Crippen MR) is 60.2 cm³/mol. The van der Waals surface area contributed by atoms with E-state index in [1.807, 2.05) is 0 Å². The monoisotopic (exact) mass is 222 g/mol. The lowest BCUT2D eigenvalue weighted by Gasteiger charge is -2.31. The summed E-state index contributed by atoms with van der Waals surface area (Å²) >= 11 is 0. The number of hydrogen-bond acceptors (Lipinski definition) is 3. The number of hydrazone groups is 1. The second-order valence-electron chi connectivity index (χ2n) is 5.05. The lowest BCUT2D eigenvalue weighted by Crippen LogP contribution is -2.39. The van der Waals surface area contributed by atoms with Crippen LogP contribution in [0, 0.1) is 5.92 Å². The van der Waals surface area contributed by atoms with Crippen LogP contribution in [-0.4, -0.2) is 29.5 Å². The highest BCUT2D eigenvalue weighted by atomic mass is 16.6. The molecule has 3 aliphatic rings. The van der Waals surface area contributed by atoms with Gasteiger partial charge in [0.25, 0.3) is 0 Å². The highest BCUT2D eigenvalue weighted by Crippen LogP contribution is 2.32. The molecular formula is C12H18N2O2. The molecule has 2 fully saturated rings. The van der Waals surface area contributed by atoms with E-state index < -0.39 is 0 Å². The van der Waals surface area contributed by atoms with Gasteiger partial charge in [0.05, 0.1) is 6.04 Å². The van der Waals surface area contributed by atoms with Gasteiger partial charge in [-0.25, -0.2) is 4.79 Å². The smallest absolute Gasteiger partial charge is 0.430 e. The number of rotatable bonds is 0. The Morgan fingerprint density at radius 1 is 1.25 bits per heavy atom. The van der Waals surface area contributed by atoms with Crippen LogP contribution in [0.25, 0.3) is 0 Å². The van der Waals surface area contributed by atoms with Crippen molar-refractivity contribution in [1.82, 2.24) is 5.01 Å². The van der Waals surface area contributed by atoms with Crippen LogP contribution >= 0.6 is 0 Å². The Morgan fingerprint density at radius 2 is 2.12 bits per heavy atom. The molecule has 2 atom stereocenters. The summed E-state index contributed by atoms with van der Waals surface area (Å²) in [6, 6.07) is 0.209. The largest absolute Gasteiger partial charge is 0.446 e. The molecule has 1 saturated carbocycles. The Bertz CT molecular complexity index is 327. The number of nitrogens with zero attached hydrogens (tertiary/aromatic N) is 2. The number of hydrogen-bond donors (Lipinski definition) is 0. The highest BCUT2D eigenvalue weighted by molar-refractivity contribution is 5.89. The number of amides is 1. The maximum absolute atomic E-state index is 11.4. The summed E-state index contributed by atoms with van der Waals surface area (Å²) in [6.07, 6.45) is 8.32. The van der Waals surface area contributed by atoms with Gasteiger partial charge in [0.1, 0.15) is 6.61 Å². The molecule has 4 heteroatoms. The van der Waals surface area contributed by atoms with Gasteiger partial charge in [0, 0.05) is 11.6 Å². The molecular weight excluding hydrogens is 204 g/mol. The van der Waals surface area contributed by atoms with Gasteiger partial charge in [-0.15, -0.1) is 0 Å². The predicted octanol–water partition coefficient (Wildman–Crippen LogP) is 2.54. The second kappa shape index (κ2) is 4.07. The van der Waals surface area contributed by atoms with Gasteiger partial charge in [0.2, 0.25) is 0 Å². The first-order chi connectivity index (χ1) is 7.84. The molecule has 4 nitrogen and oxygen atoms in total. The molecule has 88 valence electrons. The second-order valence-corrected chi connectivity index (χ2v) is 5.05. The van der Waals surface area contributed by atoms with E-state index in [0.29, 0.717) is 12.5 Å². The summed E-state index contributed by atoms with van der Waals surface area (Å²) in [4.78, 5) is 11.4. The number of fused-ring (bicyclic) bond motifs is 2. The highest BCUT2D eigenvalue weighted by Gasteiger charge is 2.39. The summed E-state index contributed by atoms with van der Waals surface area (Å²) in [5.74, 6) is 0.607. The molecule has 1 saturated heterocycles. The zero-order valence-electron chi connectivity index (χ0n) is 9.52. The molecule has 2 unspecified atom stereocenters. The minimum absolute atomic E-state index is 0.209. The quantitative estimate of drug-likeness (QED) is 0.632. The third kappa shape index (κ3) is 1.70. The molecule has 1 aliphatic carbocycles. The molecule has 0 aromatic carbocycles. The van der Waals surface area contributed by atoms with Gasteiger partial charge in [-0.05, 0) is 25.7 Å². The van der Waals surface area contributed by atoms with Crippen LogP contribution in [0.5, 0.6) is 0 Å². The molecule has 0 radical (unpaired) electrons. The Morgan fingerprint density at radius 3 is 3.06 bits per heavy atom. The molecule has 1 amide bonds. The Kier molecular flexibility index (Phi) is 2.58. The molecule has 0 aromatic rings. The maximum Gasteiger partial charge on any atom is 0.430 e. The van der Waals surface area contributed by atoms with Crippen molar-refractivity contribution < 1.29 is 9.53 Å². The molecule has 3 rings (SSSR count). The van der Waals surface area contributed by atoms with E-state index in [4.69, 9.17) is 4.74 Å². The number of carbonyl (C=O) groups is 1. The molecule has 0 N–H and O–H groups in total. The van der Waals surface area contributed by atoms with Crippen molar-refractivity contribution >= 4 is 11.8 Å². The topological polar surface area (TPSA) is 41.9 Å². The van der Waals surface area contributed by atoms with E-state index in [-0.39, 0.29) is 12.1 Å². The molecule has 0 aromatic heterocycles. The summed E-state index contributed by atoms with van der Waals surface area (Å²) in [7, 11) is 0. The van der Waals surface area contributed by atoms with Crippen LogP contribution < -0.4 is 0 Å². The van der Waals surface area contributed by atoms with Gasteiger partial charge in [-0.1, -0.05) is 19.3 Å². The van der Waals surface area contributed by atoms with Crippen molar-refractivity contribution in [1.29, 1.82) is 0 Å².